The number of carbonyl (C=O) groups is 2. The number of hydrogen-bond donors (Lipinski definition) is 1. The molecule has 6 heteroatoms. The summed E-state index contributed by atoms with van der Waals surface area (Å²) >= 11 is 0. The van der Waals surface area contributed by atoms with E-state index in [2.05, 4.69) is 19.2 Å². The summed E-state index contributed by atoms with van der Waals surface area (Å²) in [5.41, 5.74) is 0. The molecular weight excluding hydrogens is 336 g/mol. The Morgan fingerprint density at radius 1 is 0.682 bits per heavy atom. The zero-order chi connectivity index (χ0) is 16.3. The maximum Gasteiger partial charge on any atom is 2.00 e. The molecule has 0 aliphatic heterocycles. The van der Waals surface area contributed by atoms with Gasteiger partial charge in [0.15, 0.2) is 0 Å². The monoisotopic (exact) mass is 365 g/mol. The number of aliphatic carboxylic acids is 2. The maximum atomic E-state index is 10.1. The average molecular weight is 367 g/mol. The van der Waals surface area contributed by atoms with Crippen molar-refractivity contribution in [2.45, 2.75) is 78.1 Å². The second kappa shape index (κ2) is 22.8. The van der Waals surface area contributed by atoms with Crippen molar-refractivity contribution in [3.05, 3.63) is 0 Å². The molecule has 0 heterocycles. The van der Waals surface area contributed by atoms with Crippen molar-refractivity contribution in [3.63, 3.8) is 0 Å². The van der Waals surface area contributed by atoms with Gasteiger partial charge >= 0.3 is 19.5 Å². The summed E-state index contributed by atoms with van der Waals surface area (Å²) < 4.78 is 0. The summed E-state index contributed by atoms with van der Waals surface area (Å²) in [6.07, 6.45) is 7.88. The van der Waals surface area contributed by atoms with E-state index in [0.29, 0.717) is 12.8 Å². The van der Waals surface area contributed by atoms with Gasteiger partial charge in [0.05, 0.1) is 0 Å². The molecule has 0 radical (unpaired) electrons. The van der Waals surface area contributed by atoms with Crippen LogP contribution in [0.3, 0.4) is 0 Å². The summed E-state index contributed by atoms with van der Waals surface area (Å²) in [6, 6.07) is 0. The fourth-order valence-electron chi connectivity index (χ4n) is 1.85. The van der Waals surface area contributed by atoms with Crippen LogP contribution in [0.15, 0.2) is 0 Å². The van der Waals surface area contributed by atoms with E-state index in [4.69, 9.17) is 0 Å². The van der Waals surface area contributed by atoms with E-state index in [1.165, 1.54) is 0 Å². The Morgan fingerprint density at radius 3 is 1.14 bits per heavy atom. The van der Waals surface area contributed by atoms with Crippen LogP contribution in [0.4, 0.5) is 0 Å². The van der Waals surface area contributed by atoms with Crippen molar-refractivity contribution < 1.29 is 39.3 Å². The maximum absolute atomic E-state index is 10.1. The predicted molar refractivity (Wildman–Crippen MR) is 80.4 cm³/mol. The normalized spacial score (nSPS) is 9.36. The molecule has 0 saturated carbocycles. The van der Waals surface area contributed by atoms with Crippen LogP contribution < -0.4 is 15.5 Å². The smallest absolute Gasteiger partial charge is 0.550 e. The van der Waals surface area contributed by atoms with E-state index in [-0.39, 0.29) is 32.3 Å². The standard InChI is InChI=1S/C12H22O4.C4H11N.Zn/c13-11(14)9-7-5-3-1-2-4-6-8-10-12(15)16;1-3-5-4-2;/h1-10H2,(H,13,14)(H,15,16);5H,3-4H2,1-2H3;/q;;+2/p-2. The quantitative estimate of drug-likeness (QED) is 0.388. The topological polar surface area (TPSA) is 92.3 Å². The van der Waals surface area contributed by atoms with E-state index in [9.17, 15) is 19.8 Å². The number of rotatable bonds is 13. The minimum absolute atomic E-state index is 0. The van der Waals surface area contributed by atoms with Crippen LogP contribution in [-0.4, -0.2) is 25.0 Å². The first kappa shape index (κ1) is 26.4. The Hall–Kier alpha value is -0.477. The van der Waals surface area contributed by atoms with Crippen molar-refractivity contribution >= 4 is 11.9 Å². The minimum Gasteiger partial charge on any atom is -0.550 e. The van der Waals surface area contributed by atoms with Crippen LogP contribution in [0.5, 0.6) is 0 Å². The Kier molecular flexibility index (Phi) is 27.4. The van der Waals surface area contributed by atoms with Gasteiger partial charge in [-0.3, -0.25) is 0 Å². The third-order valence-electron chi connectivity index (χ3n) is 3.01. The molecule has 126 valence electrons. The van der Waals surface area contributed by atoms with Crippen molar-refractivity contribution in [1.82, 2.24) is 5.32 Å². The summed E-state index contributed by atoms with van der Waals surface area (Å²) in [5.74, 6) is -1.94. The molecule has 22 heavy (non-hydrogen) atoms. The molecule has 0 aromatic heterocycles. The molecule has 0 unspecified atom stereocenters. The summed E-state index contributed by atoms with van der Waals surface area (Å²) in [4.78, 5) is 20.2. The van der Waals surface area contributed by atoms with Gasteiger partial charge in [-0.2, -0.15) is 0 Å². The van der Waals surface area contributed by atoms with E-state index in [1.807, 2.05) is 0 Å². The molecular formula is C16H31NO4Zn. The van der Waals surface area contributed by atoms with Crippen molar-refractivity contribution in [2.24, 2.45) is 0 Å². The van der Waals surface area contributed by atoms with Gasteiger partial charge in [-0.1, -0.05) is 52.4 Å². The first-order valence-corrected chi connectivity index (χ1v) is 8.14. The van der Waals surface area contributed by atoms with Crippen LogP contribution in [-0.2, 0) is 29.1 Å². The largest absolute Gasteiger partial charge is 2.00 e. The molecule has 0 atom stereocenters. The van der Waals surface area contributed by atoms with E-state index >= 15 is 0 Å². The molecule has 0 saturated heterocycles. The number of carboxylic acid groups (broad SMARTS) is 2. The zero-order valence-electron chi connectivity index (χ0n) is 14.3. The van der Waals surface area contributed by atoms with Crippen molar-refractivity contribution in [3.8, 4) is 0 Å². The number of nitrogens with one attached hydrogen (secondary N) is 1. The van der Waals surface area contributed by atoms with Gasteiger partial charge in [-0.25, -0.2) is 0 Å². The predicted octanol–water partition coefficient (Wildman–Crippen LogP) is 1.00. The molecule has 0 amide bonds. The van der Waals surface area contributed by atoms with Crippen molar-refractivity contribution in [1.29, 1.82) is 0 Å². The van der Waals surface area contributed by atoms with Gasteiger partial charge in [-0.15, -0.1) is 0 Å². The SMILES string of the molecule is CCNCC.O=C([O-])CCCCCCCCCCC(=O)[O-].[Zn+2]. The van der Waals surface area contributed by atoms with Crippen molar-refractivity contribution in [2.75, 3.05) is 13.1 Å². The fraction of sp³-hybridized carbons (Fsp3) is 0.875. The summed E-state index contributed by atoms with van der Waals surface area (Å²) in [7, 11) is 0. The third kappa shape index (κ3) is 31.8. The Morgan fingerprint density at radius 2 is 0.955 bits per heavy atom. The number of unbranched alkanes of at least 4 members (excludes halogenated alkanes) is 7. The van der Waals surface area contributed by atoms with Gasteiger partial charge < -0.3 is 25.1 Å². The summed E-state index contributed by atoms with van der Waals surface area (Å²) in [5, 5.41) is 23.3. The number of hydrogen-bond acceptors (Lipinski definition) is 5. The van der Waals surface area contributed by atoms with E-state index < -0.39 is 11.9 Å². The van der Waals surface area contributed by atoms with E-state index in [0.717, 1.165) is 51.6 Å². The molecule has 1 N–H and O–H groups in total. The van der Waals surface area contributed by atoms with Gasteiger partial charge in [0, 0.05) is 11.9 Å². The van der Waals surface area contributed by atoms with Crippen LogP contribution >= 0.6 is 0 Å². The third-order valence-corrected chi connectivity index (χ3v) is 3.01. The Bertz CT molecular complexity index is 226. The van der Waals surface area contributed by atoms with Crippen LogP contribution in [0, 0.1) is 0 Å². The molecule has 0 aliphatic carbocycles. The van der Waals surface area contributed by atoms with E-state index in [1.54, 1.807) is 0 Å². The Labute approximate surface area is 148 Å². The Balaban J connectivity index is -0.000000520. The minimum atomic E-state index is -0.970. The second-order valence-corrected chi connectivity index (χ2v) is 5.03. The summed E-state index contributed by atoms with van der Waals surface area (Å²) in [6.45, 7) is 6.39. The molecule has 0 rings (SSSR count). The van der Waals surface area contributed by atoms with Crippen LogP contribution in [0.1, 0.15) is 78.1 Å². The molecule has 0 bridgehead atoms. The fourth-order valence-corrected chi connectivity index (χ4v) is 1.85. The number of carboxylic acids is 2. The van der Waals surface area contributed by atoms with Gasteiger partial charge in [0.2, 0.25) is 0 Å². The molecule has 0 spiro atoms. The van der Waals surface area contributed by atoms with Gasteiger partial charge in [-0.05, 0) is 38.8 Å². The van der Waals surface area contributed by atoms with Gasteiger partial charge in [0.25, 0.3) is 0 Å². The van der Waals surface area contributed by atoms with Crippen LogP contribution in [0.25, 0.3) is 0 Å². The molecule has 5 nitrogen and oxygen atoms in total. The first-order valence-electron chi connectivity index (χ1n) is 8.14. The molecule has 0 aromatic carbocycles. The molecule has 0 aliphatic rings. The average Bonchev–Trinajstić information content (AvgIpc) is 2.42. The molecule has 0 fully saturated rings. The second-order valence-electron chi connectivity index (χ2n) is 5.03. The molecule has 0 aromatic rings. The van der Waals surface area contributed by atoms with Crippen LogP contribution in [0.2, 0.25) is 0 Å². The van der Waals surface area contributed by atoms with Gasteiger partial charge in [0.1, 0.15) is 0 Å². The first-order chi connectivity index (χ1) is 10.0. The number of carbonyl (C=O) groups excluding carboxylic acids is 2. The zero-order valence-corrected chi connectivity index (χ0v) is 17.3.